The van der Waals surface area contributed by atoms with Crippen molar-refractivity contribution in [3.63, 3.8) is 0 Å². The maximum Gasteiger partial charge on any atom is 0.179 e. The Hall–Kier alpha value is -2.13. The maximum atomic E-state index is 11.9. The molecule has 2 aromatic heterocycles. The molecule has 0 bridgehead atoms. The Labute approximate surface area is 128 Å². The summed E-state index contributed by atoms with van der Waals surface area (Å²) in [5.41, 5.74) is 4.58. The molecule has 1 aromatic carbocycles. The van der Waals surface area contributed by atoms with Crippen LogP contribution in [0.25, 0.3) is 16.6 Å². The first kappa shape index (κ1) is 13.8. The van der Waals surface area contributed by atoms with Crippen LogP contribution in [0.1, 0.15) is 21.7 Å². The lowest BCUT2D eigenvalue weighted by Crippen LogP contribution is -2.04. The Bertz CT molecular complexity index is 831. The zero-order chi connectivity index (χ0) is 15.0. The molecule has 0 unspecified atom stereocenters. The minimum Gasteiger partial charge on any atom is -0.317 e. The van der Waals surface area contributed by atoms with Crippen LogP contribution >= 0.6 is 11.6 Å². The summed E-state index contributed by atoms with van der Waals surface area (Å²) in [4.78, 5) is 16.3. The van der Waals surface area contributed by atoms with E-state index in [0.29, 0.717) is 5.56 Å². The number of benzene rings is 1. The van der Waals surface area contributed by atoms with Gasteiger partial charge < -0.3 is 4.57 Å². The van der Waals surface area contributed by atoms with E-state index in [1.807, 2.05) is 50.2 Å². The number of fused-ring (bicyclic) bond motifs is 1. The van der Waals surface area contributed by atoms with E-state index in [1.54, 1.807) is 6.20 Å². The van der Waals surface area contributed by atoms with Gasteiger partial charge in [-0.15, -0.1) is 11.6 Å². The molecular formula is C17H15ClN2O. The van der Waals surface area contributed by atoms with Gasteiger partial charge in [-0.3, -0.25) is 9.78 Å². The number of halogens is 1. The Morgan fingerprint density at radius 2 is 2.05 bits per heavy atom. The number of hydrogen-bond acceptors (Lipinski definition) is 2. The standard InChI is InChI=1S/C17H15ClN2O/c1-11-9-14(17(21)10-18)12(2)20(11)16-7-3-6-15-13(16)5-4-8-19-15/h3-9H,10H2,1-2H3. The second-order valence-corrected chi connectivity index (χ2v) is 5.29. The van der Waals surface area contributed by atoms with Gasteiger partial charge in [0.2, 0.25) is 0 Å². The number of ketones is 1. The molecule has 0 saturated heterocycles. The van der Waals surface area contributed by atoms with Crippen LogP contribution < -0.4 is 0 Å². The Balaban J connectivity index is 2.29. The van der Waals surface area contributed by atoms with Gasteiger partial charge in [0.1, 0.15) is 0 Å². The number of hydrogen-bond donors (Lipinski definition) is 0. The molecule has 106 valence electrons. The predicted molar refractivity (Wildman–Crippen MR) is 85.6 cm³/mol. The molecule has 0 N–H and O–H groups in total. The van der Waals surface area contributed by atoms with Crippen LogP contribution in [0.15, 0.2) is 42.6 Å². The number of carbonyl (C=O) groups excluding carboxylic acids is 1. The number of aromatic nitrogens is 2. The van der Waals surface area contributed by atoms with Crippen molar-refractivity contribution in [2.45, 2.75) is 13.8 Å². The molecule has 3 aromatic rings. The van der Waals surface area contributed by atoms with E-state index < -0.39 is 0 Å². The van der Waals surface area contributed by atoms with E-state index in [1.165, 1.54) is 0 Å². The normalized spacial score (nSPS) is 11.0. The molecule has 21 heavy (non-hydrogen) atoms. The molecule has 0 atom stereocenters. The van der Waals surface area contributed by atoms with E-state index in [4.69, 9.17) is 11.6 Å². The third-order valence-electron chi connectivity index (χ3n) is 3.72. The van der Waals surface area contributed by atoms with Gasteiger partial charge in [0.05, 0.1) is 17.1 Å². The summed E-state index contributed by atoms with van der Waals surface area (Å²) in [6.07, 6.45) is 1.78. The number of aryl methyl sites for hydroxylation is 1. The molecule has 0 fully saturated rings. The van der Waals surface area contributed by atoms with Crippen LogP contribution in [0.5, 0.6) is 0 Å². The third-order valence-corrected chi connectivity index (χ3v) is 3.96. The van der Waals surface area contributed by atoms with Gasteiger partial charge in [0.15, 0.2) is 5.78 Å². The Morgan fingerprint density at radius 3 is 2.81 bits per heavy atom. The lowest BCUT2D eigenvalue weighted by atomic mass is 10.1. The molecule has 0 aliphatic carbocycles. The highest BCUT2D eigenvalue weighted by Gasteiger charge is 2.17. The van der Waals surface area contributed by atoms with E-state index in [9.17, 15) is 4.79 Å². The largest absolute Gasteiger partial charge is 0.317 e. The molecule has 4 heteroatoms. The van der Waals surface area contributed by atoms with Crippen LogP contribution in [0.2, 0.25) is 0 Å². The van der Waals surface area contributed by atoms with Gasteiger partial charge in [0, 0.05) is 28.5 Å². The highest BCUT2D eigenvalue weighted by atomic mass is 35.5. The number of rotatable bonds is 3. The second-order valence-electron chi connectivity index (χ2n) is 5.02. The number of pyridine rings is 1. The summed E-state index contributed by atoms with van der Waals surface area (Å²) in [6, 6.07) is 11.9. The summed E-state index contributed by atoms with van der Waals surface area (Å²) in [6.45, 7) is 3.94. The van der Waals surface area contributed by atoms with Gasteiger partial charge >= 0.3 is 0 Å². The Kier molecular flexibility index (Phi) is 3.52. The van der Waals surface area contributed by atoms with Crippen molar-refractivity contribution in [3.05, 3.63) is 59.5 Å². The van der Waals surface area contributed by atoms with E-state index in [-0.39, 0.29) is 11.7 Å². The molecule has 0 radical (unpaired) electrons. The minimum atomic E-state index is -0.0469. The fraction of sp³-hybridized carbons (Fsp3) is 0.176. The number of carbonyl (C=O) groups is 1. The Morgan fingerprint density at radius 1 is 1.24 bits per heavy atom. The van der Waals surface area contributed by atoms with Crippen molar-refractivity contribution in [1.29, 1.82) is 0 Å². The van der Waals surface area contributed by atoms with Crippen molar-refractivity contribution < 1.29 is 4.79 Å². The summed E-state index contributed by atoms with van der Waals surface area (Å²) < 4.78 is 2.09. The van der Waals surface area contributed by atoms with Gasteiger partial charge in [0.25, 0.3) is 0 Å². The SMILES string of the molecule is Cc1cc(C(=O)CCl)c(C)n1-c1cccc2ncccc12. The predicted octanol–water partition coefficient (Wildman–Crippen LogP) is 4.06. The summed E-state index contributed by atoms with van der Waals surface area (Å²) in [7, 11) is 0. The van der Waals surface area contributed by atoms with Gasteiger partial charge in [-0.25, -0.2) is 0 Å². The quantitative estimate of drug-likeness (QED) is 0.540. The molecule has 0 amide bonds. The molecule has 0 aliphatic heterocycles. The second kappa shape index (κ2) is 5.34. The monoisotopic (exact) mass is 298 g/mol. The van der Waals surface area contributed by atoms with Crippen LogP contribution in [0.3, 0.4) is 0 Å². The van der Waals surface area contributed by atoms with E-state index in [2.05, 4.69) is 9.55 Å². The van der Waals surface area contributed by atoms with Crippen molar-refractivity contribution in [3.8, 4) is 5.69 Å². The third kappa shape index (κ3) is 2.24. The first-order valence-electron chi connectivity index (χ1n) is 6.75. The summed E-state index contributed by atoms with van der Waals surface area (Å²) in [5.74, 6) is -0.0455. The van der Waals surface area contributed by atoms with Gasteiger partial charge in [-0.2, -0.15) is 0 Å². The van der Waals surface area contributed by atoms with Crippen LogP contribution in [-0.2, 0) is 0 Å². The highest BCUT2D eigenvalue weighted by molar-refractivity contribution is 6.30. The first-order valence-corrected chi connectivity index (χ1v) is 7.29. The molecule has 0 aliphatic rings. The fourth-order valence-corrected chi connectivity index (χ4v) is 2.91. The molecule has 3 rings (SSSR count). The van der Waals surface area contributed by atoms with E-state index >= 15 is 0 Å². The zero-order valence-electron chi connectivity index (χ0n) is 11.9. The molecular weight excluding hydrogens is 284 g/mol. The average molecular weight is 299 g/mol. The molecule has 3 nitrogen and oxygen atoms in total. The van der Waals surface area contributed by atoms with Crippen molar-refractivity contribution in [2.24, 2.45) is 0 Å². The van der Waals surface area contributed by atoms with Crippen molar-refractivity contribution in [1.82, 2.24) is 9.55 Å². The van der Waals surface area contributed by atoms with Crippen LogP contribution in [0.4, 0.5) is 0 Å². The summed E-state index contributed by atoms with van der Waals surface area (Å²) >= 11 is 5.69. The minimum absolute atomic E-state index is 0.00138. The van der Waals surface area contributed by atoms with Crippen molar-refractivity contribution in [2.75, 3.05) is 5.88 Å². The topological polar surface area (TPSA) is 34.9 Å². The lowest BCUT2D eigenvalue weighted by molar-refractivity contribution is 0.102. The van der Waals surface area contributed by atoms with Gasteiger partial charge in [-0.05, 0) is 44.2 Å². The number of nitrogens with zero attached hydrogens (tertiary/aromatic N) is 2. The highest BCUT2D eigenvalue weighted by Crippen LogP contribution is 2.26. The average Bonchev–Trinajstić information content (AvgIpc) is 2.81. The molecule has 0 saturated carbocycles. The number of Topliss-reactive ketones (excluding diaryl/α,β-unsaturated/α-hetero) is 1. The van der Waals surface area contributed by atoms with E-state index in [0.717, 1.165) is 28.0 Å². The van der Waals surface area contributed by atoms with Crippen LogP contribution in [-0.4, -0.2) is 21.2 Å². The molecule has 0 spiro atoms. The molecule has 2 heterocycles. The van der Waals surface area contributed by atoms with Crippen molar-refractivity contribution >= 4 is 28.3 Å². The summed E-state index contributed by atoms with van der Waals surface area (Å²) in [5, 5.41) is 1.06. The van der Waals surface area contributed by atoms with Crippen LogP contribution in [0, 0.1) is 13.8 Å². The first-order chi connectivity index (χ1) is 10.1. The lowest BCUT2D eigenvalue weighted by Gasteiger charge is -2.12. The van der Waals surface area contributed by atoms with Gasteiger partial charge in [-0.1, -0.05) is 6.07 Å². The fourth-order valence-electron chi connectivity index (χ4n) is 2.77. The maximum absolute atomic E-state index is 11.9. The number of alkyl halides is 1. The zero-order valence-corrected chi connectivity index (χ0v) is 12.7. The smallest absolute Gasteiger partial charge is 0.179 e.